The van der Waals surface area contributed by atoms with E-state index < -0.39 is 12.4 Å². The molecule has 6 heteroatoms. The number of ether oxygens (including phenoxy) is 1. The summed E-state index contributed by atoms with van der Waals surface area (Å²) in [7, 11) is 0. The van der Waals surface area contributed by atoms with Crippen molar-refractivity contribution in [1.82, 2.24) is 0 Å². The molecule has 3 N–H and O–H groups in total. The number of alkyl halides is 3. The molecule has 2 rings (SSSR count). The maximum Gasteiger partial charge on any atom is 0.573 e. The first-order valence-electron chi connectivity index (χ1n) is 5.75. The van der Waals surface area contributed by atoms with Crippen molar-refractivity contribution >= 4 is 0 Å². The molecule has 1 atom stereocenters. The molecule has 20 heavy (non-hydrogen) atoms. The van der Waals surface area contributed by atoms with Crippen molar-refractivity contribution in [3.05, 3.63) is 59.7 Å². The van der Waals surface area contributed by atoms with Gasteiger partial charge in [0, 0.05) is 0 Å². The first kappa shape index (κ1) is 14.2. The van der Waals surface area contributed by atoms with E-state index in [1.165, 1.54) is 36.4 Å². The standard InChI is InChI=1S/C14H12F3NO2/c15-14(16,17)20-12-6-4-9(5-7-12)13(18)10-2-1-3-11(19)8-10/h1-8,13,19H,18H2/t13-/m1/s1. The highest BCUT2D eigenvalue weighted by atomic mass is 19.4. The Kier molecular flexibility index (Phi) is 3.85. The molecule has 0 unspecified atom stereocenters. The van der Waals surface area contributed by atoms with Crippen molar-refractivity contribution in [3.8, 4) is 11.5 Å². The first-order valence-corrected chi connectivity index (χ1v) is 5.75. The first-order chi connectivity index (χ1) is 9.35. The summed E-state index contributed by atoms with van der Waals surface area (Å²) in [4.78, 5) is 0. The number of halogens is 3. The van der Waals surface area contributed by atoms with Crippen LogP contribution in [-0.2, 0) is 0 Å². The van der Waals surface area contributed by atoms with Gasteiger partial charge >= 0.3 is 6.36 Å². The third-order valence-corrected chi connectivity index (χ3v) is 2.70. The van der Waals surface area contributed by atoms with Gasteiger partial charge in [0.05, 0.1) is 6.04 Å². The molecule has 0 aliphatic heterocycles. The molecule has 3 nitrogen and oxygen atoms in total. The van der Waals surface area contributed by atoms with Gasteiger partial charge in [-0.2, -0.15) is 0 Å². The van der Waals surface area contributed by atoms with Gasteiger partial charge in [-0.05, 0) is 35.4 Å². The van der Waals surface area contributed by atoms with Gasteiger partial charge in [-0.3, -0.25) is 0 Å². The van der Waals surface area contributed by atoms with Crippen LogP contribution in [0.2, 0.25) is 0 Å². The lowest BCUT2D eigenvalue weighted by molar-refractivity contribution is -0.274. The molecule has 0 aliphatic carbocycles. The number of hydrogen-bond donors (Lipinski definition) is 2. The zero-order valence-electron chi connectivity index (χ0n) is 10.3. The molecule has 0 fully saturated rings. The van der Waals surface area contributed by atoms with Gasteiger partial charge in [0.1, 0.15) is 11.5 Å². The molecule has 2 aromatic carbocycles. The molecule has 0 saturated carbocycles. The number of rotatable bonds is 3. The SMILES string of the molecule is N[C@H](c1ccc(OC(F)(F)F)cc1)c1cccc(O)c1. The minimum atomic E-state index is -4.71. The lowest BCUT2D eigenvalue weighted by atomic mass is 9.99. The van der Waals surface area contributed by atoms with Crippen molar-refractivity contribution < 1.29 is 23.0 Å². The zero-order chi connectivity index (χ0) is 14.8. The summed E-state index contributed by atoms with van der Waals surface area (Å²) in [6, 6.07) is 11.2. The van der Waals surface area contributed by atoms with Gasteiger partial charge < -0.3 is 15.6 Å². The molecule has 0 spiro atoms. The monoisotopic (exact) mass is 283 g/mol. The van der Waals surface area contributed by atoms with Gasteiger partial charge in [0.2, 0.25) is 0 Å². The maximum absolute atomic E-state index is 12.0. The largest absolute Gasteiger partial charge is 0.573 e. The number of hydrogen-bond acceptors (Lipinski definition) is 3. The predicted molar refractivity (Wildman–Crippen MR) is 67.3 cm³/mol. The van der Waals surface area contributed by atoms with Crippen LogP contribution in [0.5, 0.6) is 11.5 Å². The summed E-state index contributed by atoms with van der Waals surface area (Å²) < 4.78 is 39.9. The normalized spacial score (nSPS) is 13.0. The topological polar surface area (TPSA) is 55.5 Å². The van der Waals surface area contributed by atoms with Crippen LogP contribution in [0.15, 0.2) is 48.5 Å². The smallest absolute Gasteiger partial charge is 0.508 e. The molecule has 0 aliphatic rings. The fourth-order valence-electron chi connectivity index (χ4n) is 1.79. The molecule has 0 aromatic heterocycles. The Labute approximate surface area is 113 Å². The van der Waals surface area contributed by atoms with E-state index in [1.807, 2.05) is 0 Å². The Balaban J connectivity index is 2.17. The van der Waals surface area contributed by atoms with Crippen LogP contribution >= 0.6 is 0 Å². The van der Waals surface area contributed by atoms with Crippen LogP contribution in [-0.4, -0.2) is 11.5 Å². The van der Waals surface area contributed by atoms with Crippen LogP contribution in [0.3, 0.4) is 0 Å². The summed E-state index contributed by atoms with van der Waals surface area (Å²) in [6.07, 6.45) is -4.71. The number of benzene rings is 2. The average molecular weight is 283 g/mol. The van der Waals surface area contributed by atoms with Gasteiger partial charge in [0.15, 0.2) is 0 Å². The molecule has 0 heterocycles. The molecule has 0 bridgehead atoms. The average Bonchev–Trinajstić information content (AvgIpc) is 2.37. The predicted octanol–water partition coefficient (Wildman–Crippen LogP) is 3.34. The van der Waals surface area contributed by atoms with Crippen LogP contribution in [0, 0.1) is 0 Å². The number of nitrogens with two attached hydrogens (primary N) is 1. The number of phenolic OH excluding ortho intramolecular Hbond substituents is 1. The minimum absolute atomic E-state index is 0.0787. The van der Waals surface area contributed by atoms with Crippen LogP contribution in [0.4, 0.5) is 13.2 Å². The van der Waals surface area contributed by atoms with Crippen molar-refractivity contribution in [3.63, 3.8) is 0 Å². The number of phenols is 1. The zero-order valence-corrected chi connectivity index (χ0v) is 10.3. The van der Waals surface area contributed by atoms with E-state index in [9.17, 15) is 18.3 Å². The Bertz CT molecular complexity index is 582. The van der Waals surface area contributed by atoms with Crippen molar-refractivity contribution in [2.75, 3.05) is 0 Å². The summed E-state index contributed by atoms with van der Waals surface area (Å²) in [5, 5.41) is 9.38. The quantitative estimate of drug-likeness (QED) is 0.908. The highest BCUT2D eigenvalue weighted by Gasteiger charge is 2.31. The van der Waals surface area contributed by atoms with Gasteiger partial charge in [-0.1, -0.05) is 24.3 Å². The molecular formula is C14H12F3NO2. The molecule has 0 amide bonds. The Morgan fingerprint density at radius 2 is 1.65 bits per heavy atom. The molecule has 0 radical (unpaired) electrons. The van der Waals surface area contributed by atoms with E-state index in [0.717, 1.165) is 0 Å². The second-order valence-corrected chi connectivity index (χ2v) is 4.19. The van der Waals surface area contributed by atoms with E-state index in [1.54, 1.807) is 12.1 Å². The van der Waals surface area contributed by atoms with E-state index in [4.69, 9.17) is 5.73 Å². The van der Waals surface area contributed by atoms with Crippen molar-refractivity contribution in [2.24, 2.45) is 5.73 Å². The maximum atomic E-state index is 12.0. The Hall–Kier alpha value is -2.21. The van der Waals surface area contributed by atoms with E-state index in [-0.39, 0.29) is 11.5 Å². The van der Waals surface area contributed by atoms with Gasteiger partial charge in [0.25, 0.3) is 0 Å². The third kappa shape index (κ3) is 3.64. The summed E-state index contributed by atoms with van der Waals surface area (Å²) >= 11 is 0. The van der Waals surface area contributed by atoms with E-state index >= 15 is 0 Å². The van der Waals surface area contributed by atoms with Crippen LogP contribution in [0.1, 0.15) is 17.2 Å². The second-order valence-electron chi connectivity index (χ2n) is 4.19. The lowest BCUT2D eigenvalue weighted by Crippen LogP contribution is -2.17. The van der Waals surface area contributed by atoms with E-state index in [0.29, 0.717) is 11.1 Å². The molecule has 106 valence electrons. The fraction of sp³-hybridized carbons (Fsp3) is 0.143. The summed E-state index contributed by atoms with van der Waals surface area (Å²) in [5.74, 6) is -0.223. The molecule has 0 saturated heterocycles. The highest BCUT2D eigenvalue weighted by Crippen LogP contribution is 2.26. The summed E-state index contributed by atoms with van der Waals surface area (Å²) in [6.45, 7) is 0. The lowest BCUT2D eigenvalue weighted by Gasteiger charge is -2.14. The summed E-state index contributed by atoms with van der Waals surface area (Å²) in [5.41, 5.74) is 7.27. The Morgan fingerprint density at radius 1 is 1.00 bits per heavy atom. The third-order valence-electron chi connectivity index (χ3n) is 2.70. The van der Waals surface area contributed by atoms with Crippen molar-refractivity contribution in [2.45, 2.75) is 12.4 Å². The van der Waals surface area contributed by atoms with Crippen molar-refractivity contribution in [1.29, 1.82) is 0 Å². The minimum Gasteiger partial charge on any atom is -0.508 e. The van der Waals surface area contributed by atoms with Crippen LogP contribution < -0.4 is 10.5 Å². The number of aromatic hydroxyl groups is 1. The highest BCUT2D eigenvalue weighted by molar-refractivity contribution is 5.37. The Morgan fingerprint density at radius 3 is 2.20 bits per heavy atom. The fourth-order valence-corrected chi connectivity index (χ4v) is 1.79. The van der Waals surface area contributed by atoms with E-state index in [2.05, 4.69) is 4.74 Å². The van der Waals surface area contributed by atoms with Gasteiger partial charge in [-0.15, -0.1) is 13.2 Å². The molecule has 2 aromatic rings. The second kappa shape index (κ2) is 5.42. The van der Waals surface area contributed by atoms with Gasteiger partial charge in [-0.25, -0.2) is 0 Å². The molecular weight excluding hydrogens is 271 g/mol. The van der Waals surface area contributed by atoms with Crippen LogP contribution in [0.25, 0.3) is 0 Å².